The van der Waals surface area contributed by atoms with Crippen LogP contribution in [-0.2, 0) is 30.9 Å². The number of sulfonamides is 1. The second kappa shape index (κ2) is 9.58. The first-order valence-corrected chi connectivity index (χ1v) is 11.3. The molecule has 8 nitrogen and oxygen atoms in total. The van der Waals surface area contributed by atoms with Crippen molar-refractivity contribution in [3.05, 3.63) is 35.9 Å². The number of hydrogen-bond acceptors (Lipinski definition) is 6. The van der Waals surface area contributed by atoms with Crippen molar-refractivity contribution in [2.75, 3.05) is 31.9 Å². The second-order valence-electron chi connectivity index (χ2n) is 8.14. The molecule has 1 aliphatic rings. The number of carbonyl (C=O) groups excluding carboxylic acids is 2. The van der Waals surface area contributed by atoms with Gasteiger partial charge in [-0.05, 0) is 26.3 Å². The molecule has 29 heavy (non-hydrogen) atoms. The summed E-state index contributed by atoms with van der Waals surface area (Å²) in [6.45, 7) is 7.85. The number of piperazine rings is 1. The maximum Gasteiger partial charge on any atom is 0.410 e. The second-order valence-corrected chi connectivity index (χ2v) is 10.2. The molecule has 0 N–H and O–H groups in total. The first-order chi connectivity index (χ1) is 13.5. The summed E-state index contributed by atoms with van der Waals surface area (Å²) in [5, 5.41) is 0. The minimum atomic E-state index is -3.64. The van der Waals surface area contributed by atoms with E-state index in [1.165, 1.54) is 9.21 Å². The number of rotatable bonds is 6. The molecule has 1 atom stereocenters. The van der Waals surface area contributed by atoms with E-state index in [1.54, 1.807) is 27.7 Å². The molecule has 2 rings (SSSR count). The third-order valence-corrected chi connectivity index (χ3v) is 6.44. The van der Waals surface area contributed by atoms with E-state index in [1.807, 2.05) is 30.3 Å². The molecule has 1 aromatic carbocycles. The Balaban J connectivity index is 1.83. The fourth-order valence-electron chi connectivity index (χ4n) is 2.84. The van der Waals surface area contributed by atoms with Crippen LogP contribution in [0.25, 0.3) is 0 Å². The van der Waals surface area contributed by atoms with Gasteiger partial charge in [-0.25, -0.2) is 13.2 Å². The molecule has 1 fully saturated rings. The number of benzene rings is 1. The maximum absolute atomic E-state index is 12.7. The Morgan fingerprint density at radius 1 is 1.07 bits per heavy atom. The lowest BCUT2D eigenvalue weighted by Crippen LogP contribution is -2.52. The lowest BCUT2D eigenvalue weighted by atomic mass is 10.2. The number of amides is 1. The van der Waals surface area contributed by atoms with E-state index in [0.717, 1.165) is 5.56 Å². The third kappa shape index (κ3) is 7.32. The predicted molar refractivity (Wildman–Crippen MR) is 109 cm³/mol. The highest BCUT2D eigenvalue weighted by Crippen LogP contribution is 2.16. The van der Waals surface area contributed by atoms with Gasteiger partial charge in [-0.15, -0.1) is 0 Å². The average molecular weight is 427 g/mol. The summed E-state index contributed by atoms with van der Waals surface area (Å²) in [6, 6.07) is 9.21. The fourth-order valence-corrected chi connectivity index (χ4v) is 4.53. The van der Waals surface area contributed by atoms with Gasteiger partial charge in [0.2, 0.25) is 10.0 Å². The predicted octanol–water partition coefficient (Wildman–Crippen LogP) is 2.25. The molecular weight excluding hydrogens is 396 g/mol. The molecule has 0 aliphatic carbocycles. The Morgan fingerprint density at radius 3 is 2.21 bits per heavy atom. The number of carbonyl (C=O) groups is 2. The van der Waals surface area contributed by atoms with Gasteiger partial charge in [-0.1, -0.05) is 37.3 Å². The van der Waals surface area contributed by atoms with E-state index in [2.05, 4.69) is 0 Å². The Labute approximate surface area is 172 Å². The van der Waals surface area contributed by atoms with Gasteiger partial charge >= 0.3 is 12.1 Å². The zero-order chi connectivity index (χ0) is 21.7. The summed E-state index contributed by atoms with van der Waals surface area (Å²) in [5.41, 5.74) is 0.240. The summed E-state index contributed by atoms with van der Waals surface area (Å²) in [6.07, 6.45) is -0.451. The molecule has 0 saturated carbocycles. The Hall–Kier alpha value is -2.13. The van der Waals surface area contributed by atoms with Crippen LogP contribution < -0.4 is 0 Å². The van der Waals surface area contributed by atoms with Crippen molar-refractivity contribution < 1.29 is 27.5 Å². The van der Waals surface area contributed by atoms with Gasteiger partial charge in [0.1, 0.15) is 12.2 Å². The molecule has 0 bridgehead atoms. The van der Waals surface area contributed by atoms with E-state index < -0.39 is 33.6 Å². The number of esters is 1. The highest BCUT2D eigenvalue weighted by molar-refractivity contribution is 7.89. The van der Waals surface area contributed by atoms with E-state index in [-0.39, 0.29) is 38.5 Å². The highest BCUT2D eigenvalue weighted by Gasteiger charge is 2.33. The van der Waals surface area contributed by atoms with Crippen LogP contribution in [0, 0.1) is 5.92 Å². The van der Waals surface area contributed by atoms with Gasteiger partial charge in [-0.2, -0.15) is 4.31 Å². The molecule has 1 heterocycles. The maximum atomic E-state index is 12.7. The molecule has 0 radical (unpaired) electrons. The minimum Gasteiger partial charge on any atom is -0.461 e. The fraction of sp³-hybridized carbons (Fsp3) is 0.600. The minimum absolute atomic E-state index is 0.110. The van der Waals surface area contributed by atoms with Gasteiger partial charge < -0.3 is 14.4 Å². The number of hydrogen-bond donors (Lipinski definition) is 0. The Kier molecular flexibility index (Phi) is 7.65. The molecule has 1 amide bonds. The van der Waals surface area contributed by atoms with E-state index >= 15 is 0 Å². The van der Waals surface area contributed by atoms with Gasteiger partial charge in [0.25, 0.3) is 0 Å². The van der Waals surface area contributed by atoms with E-state index in [0.29, 0.717) is 0 Å². The lowest BCUT2D eigenvalue weighted by molar-refractivity contribution is -0.148. The van der Waals surface area contributed by atoms with Crippen molar-refractivity contribution in [2.45, 2.75) is 39.9 Å². The van der Waals surface area contributed by atoms with Crippen LogP contribution in [0.5, 0.6) is 0 Å². The smallest absolute Gasteiger partial charge is 0.410 e. The van der Waals surface area contributed by atoms with Crippen LogP contribution in [0.1, 0.15) is 33.3 Å². The molecule has 162 valence electrons. The third-order valence-electron chi connectivity index (χ3n) is 4.37. The van der Waals surface area contributed by atoms with Crippen LogP contribution in [0.3, 0.4) is 0 Å². The normalized spacial score (nSPS) is 16.9. The van der Waals surface area contributed by atoms with Crippen LogP contribution >= 0.6 is 0 Å². The lowest BCUT2D eigenvalue weighted by Gasteiger charge is -2.35. The number of ether oxygens (including phenoxy) is 2. The van der Waals surface area contributed by atoms with Crippen molar-refractivity contribution in [1.29, 1.82) is 0 Å². The summed E-state index contributed by atoms with van der Waals surface area (Å²) >= 11 is 0. The molecule has 1 saturated heterocycles. The Bertz CT molecular complexity index is 796. The Morgan fingerprint density at radius 2 is 1.66 bits per heavy atom. The van der Waals surface area contributed by atoms with Crippen molar-refractivity contribution >= 4 is 22.1 Å². The largest absolute Gasteiger partial charge is 0.461 e. The number of nitrogens with zero attached hydrogens (tertiary/aromatic N) is 2. The van der Waals surface area contributed by atoms with Gasteiger partial charge in [0.05, 0.1) is 11.7 Å². The molecule has 1 aliphatic heterocycles. The summed E-state index contributed by atoms with van der Waals surface area (Å²) in [5.74, 6) is -1.66. The van der Waals surface area contributed by atoms with Gasteiger partial charge in [0.15, 0.2) is 0 Å². The quantitative estimate of drug-likeness (QED) is 0.648. The molecular formula is C20H30N2O6S. The van der Waals surface area contributed by atoms with Crippen molar-refractivity contribution in [1.82, 2.24) is 9.21 Å². The van der Waals surface area contributed by atoms with E-state index in [4.69, 9.17) is 9.47 Å². The molecule has 0 unspecified atom stereocenters. The summed E-state index contributed by atoms with van der Waals surface area (Å²) in [4.78, 5) is 25.8. The first kappa shape index (κ1) is 23.2. The van der Waals surface area contributed by atoms with Crippen molar-refractivity contribution in [3.63, 3.8) is 0 Å². The SMILES string of the molecule is C[C@@H](CS(=O)(=O)N1CCN(C(=O)OC(C)(C)C)CC1)C(=O)OCc1ccccc1. The van der Waals surface area contributed by atoms with Crippen molar-refractivity contribution in [3.8, 4) is 0 Å². The monoisotopic (exact) mass is 426 g/mol. The summed E-state index contributed by atoms with van der Waals surface area (Å²) < 4.78 is 37.2. The van der Waals surface area contributed by atoms with E-state index in [9.17, 15) is 18.0 Å². The van der Waals surface area contributed by atoms with Crippen LogP contribution in [0.2, 0.25) is 0 Å². The average Bonchev–Trinajstić information content (AvgIpc) is 2.65. The molecule has 1 aromatic rings. The van der Waals surface area contributed by atoms with Crippen molar-refractivity contribution in [2.24, 2.45) is 5.92 Å². The van der Waals surface area contributed by atoms with Crippen LogP contribution in [-0.4, -0.2) is 67.2 Å². The molecule has 9 heteroatoms. The first-order valence-electron chi connectivity index (χ1n) is 9.64. The summed E-state index contributed by atoms with van der Waals surface area (Å²) in [7, 11) is -3.64. The highest BCUT2D eigenvalue weighted by atomic mass is 32.2. The molecule has 0 spiro atoms. The van der Waals surface area contributed by atoms with Gasteiger partial charge in [-0.3, -0.25) is 4.79 Å². The topological polar surface area (TPSA) is 93.2 Å². The molecule has 0 aromatic heterocycles. The zero-order valence-electron chi connectivity index (χ0n) is 17.5. The van der Waals surface area contributed by atoms with Gasteiger partial charge in [0, 0.05) is 26.2 Å². The standard InChI is InChI=1S/C20H30N2O6S/c1-16(18(23)27-14-17-8-6-5-7-9-17)15-29(25,26)22-12-10-21(11-13-22)19(24)28-20(2,3)4/h5-9,16H,10-15H2,1-4H3/t16-/m0/s1. The van der Waals surface area contributed by atoms with Crippen LogP contribution in [0.4, 0.5) is 4.79 Å². The zero-order valence-corrected chi connectivity index (χ0v) is 18.3. The van der Waals surface area contributed by atoms with Crippen LogP contribution in [0.15, 0.2) is 30.3 Å².